The third-order valence-corrected chi connectivity index (χ3v) is 3.83. The molecule has 0 atom stereocenters. The van der Waals surface area contributed by atoms with Crippen LogP contribution in [-0.2, 0) is 0 Å². The quantitative estimate of drug-likeness (QED) is 0.528. The molecule has 0 aromatic heterocycles. The number of hydrogen-bond donors (Lipinski definition) is 1. The molecule has 0 radical (unpaired) electrons. The van der Waals surface area contributed by atoms with Gasteiger partial charge in [-0.25, -0.2) is 5.43 Å². The molecule has 130 valence electrons. The summed E-state index contributed by atoms with van der Waals surface area (Å²) >= 11 is 0. The van der Waals surface area contributed by atoms with Gasteiger partial charge in [0, 0.05) is 5.56 Å². The Morgan fingerprint density at radius 2 is 1.58 bits per heavy atom. The van der Waals surface area contributed by atoms with Crippen molar-refractivity contribution in [2.45, 2.75) is 6.92 Å². The van der Waals surface area contributed by atoms with Crippen LogP contribution in [0.4, 0.5) is 0 Å². The molecule has 4 nitrogen and oxygen atoms in total. The molecule has 26 heavy (non-hydrogen) atoms. The highest BCUT2D eigenvalue weighted by atomic mass is 16.5. The summed E-state index contributed by atoms with van der Waals surface area (Å²) in [4.78, 5) is 12.1. The molecule has 0 saturated carbocycles. The summed E-state index contributed by atoms with van der Waals surface area (Å²) in [5.74, 6) is 0.483. The average Bonchev–Trinajstić information content (AvgIpc) is 2.70. The van der Waals surface area contributed by atoms with Crippen LogP contribution in [0, 0.1) is 0 Å². The zero-order chi connectivity index (χ0) is 18.2. The van der Waals surface area contributed by atoms with Crippen LogP contribution in [0.15, 0.2) is 84.0 Å². The fourth-order valence-electron chi connectivity index (χ4n) is 2.49. The second-order valence-corrected chi connectivity index (χ2v) is 5.64. The fourth-order valence-corrected chi connectivity index (χ4v) is 2.49. The number of carbonyl (C=O) groups is 1. The van der Waals surface area contributed by atoms with Crippen LogP contribution >= 0.6 is 0 Å². The molecule has 0 unspecified atom stereocenters. The molecule has 0 bridgehead atoms. The maximum absolute atomic E-state index is 12.1. The smallest absolute Gasteiger partial charge is 0.271 e. The Morgan fingerprint density at radius 3 is 2.23 bits per heavy atom. The van der Waals surface area contributed by atoms with E-state index in [0.29, 0.717) is 12.2 Å². The normalized spacial score (nSPS) is 10.7. The van der Waals surface area contributed by atoms with Crippen molar-refractivity contribution in [1.29, 1.82) is 0 Å². The minimum atomic E-state index is -0.259. The Kier molecular flexibility index (Phi) is 5.78. The van der Waals surface area contributed by atoms with Gasteiger partial charge in [-0.1, -0.05) is 54.6 Å². The number of nitrogens with one attached hydrogen (secondary N) is 1. The van der Waals surface area contributed by atoms with E-state index in [2.05, 4.69) is 22.7 Å². The molecule has 3 aromatic carbocycles. The Morgan fingerprint density at radius 1 is 0.923 bits per heavy atom. The molecule has 0 fully saturated rings. The third-order valence-electron chi connectivity index (χ3n) is 3.83. The van der Waals surface area contributed by atoms with Crippen molar-refractivity contribution in [3.8, 4) is 16.9 Å². The van der Waals surface area contributed by atoms with Gasteiger partial charge in [-0.05, 0) is 47.9 Å². The first-order valence-electron chi connectivity index (χ1n) is 8.48. The lowest BCUT2D eigenvalue weighted by atomic mass is 10.0. The van der Waals surface area contributed by atoms with Crippen molar-refractivity contribution in [3.63, 3.8) is 0 Å². The summed E-state index contributed by atoms with van der Waals surface area (Å²) in [6.07, 6.45) is 1.63. The highest BCUT2D eigenvalue weighted by Gasteiger charge is 2.04. The van der Waals surface area contributed by atoms with Gasteiger partial charge in [0.25, 0.3) is 5.91 Å². The van der Waals surface area contributed by atoms with E-state index in [4.69, 9.17) is 4.74 Å². The molecule has 0 aliphatic heterocycles. The van der Waals surface area contributed by atoms with Crippen LogP contribution in [0.5, 0.6) is 5.75 Å². The Bertz CT molecular complexity index is 870. The first-order valence-corrected chi connectivity index (χ1v) is 8.48. The van der Waals surface area contributed by atoms with Crippen LogP contribution in [0.25, 0.3) is 11.1 Å². The van der Waals surface area contributed by atoms with Gasteiger partial charge in [-0.2, -0.15) is 5.10 Å². The van der Waals surface area contributed by atoms with Gasteiger partial charge >= 0.3 is 0 Å². The van der Waals surface area contributed by atoms with Gasteiger partial charge in [-0.3, -0.25) is 4.79 Å². The van der Waals surface area contributed by atoms with Crippen molar-refractivity contribution in [3.05, 3.63) is 90.0 Å². The van der Waals surface area contributed by atoms with Gasteiger partial charge in [0.1, 0.15) is 5.75 Å². The average molecular weight is 344 g/mol. The summed E-state index contributed by atoms with van der Waals surface area (Å²) in [7, 11) is 0. The zero-order valence-corrected chi connectivity index (χ0v) is 14.6. The van der Waals surface area contributed by atoms with Crippen LogP contribution in [0.2, 0.25) is 0 Å². The highest BCUT2D eigenvalue weighted by Crippen LogP contribution is 2.18. The molecular weight excluding hydrogens is 324 g/mol. The van der Waals surface area contributed by atoms with E-state index in [9.17, 15) is 4.79 Å². The van der Waals surface area contributed by atoms with Gasteiger partial charge < -0.3 is 4.74 Å². The van der Waals surface area contributed by atoms with Crippen molar-refractivity contribution >= 4 is 12.1 Å². The Balaban J connectivity index is 1.58. The second-order valence-electron chi connectivity index (χ2n) is 5.64. The van der Waals surface area contributed by atoms with Crippen LogP contribution in [0.3, 0.4) is 0 Å². The number of carbonyl (C=O) groups excluding carboxylic acids is 1. The van der Waals surface area contributed by atoms with Gasteiger partial charge in [0.15, 0.2) is 0 Å². The lowest BCUT2D eigenvalue weighted by molar-refractivity contribution is 0.0955. The number of nitrogens with zero attached hydrogens (tertiary/aromatic N) is 1. The summed E-state index contributed by atoms with van der Waals surface area (Å²) < 4.78 is 5.36. The molecule has 3 rings (SSSR count). The summed E-state index contributed by atoms with van der Waals surface area (Å²) in [5.41, 5.74) is 6.29. The fraction of sp³-hybridized carbons (Fsp3) is 0.0909. The number of hydrazone groups is 1. The molecule has 0 aliphatic carbocycles. The van der Waals surface area contributed by atoms with Crippen molar-refractivity contribution in [2.24, 2.45) is 5.10 Å². The van der Waals surface area contributed by atoms with Crippen molar-refractivity contribution in [1.82, 2.24) is 5.43 Å². The van der Waals surface area contributed by atoms with Crippen molar-refractivity contribution in [2.75, 3.05) is 6.61 Å². The number of amides is 1. The molecule has 0 saturated heterocycles. The lowest BCUT2D eigenvalue weighted by Crippen LogP contribution is -2.17. The van der Waals surface area contributed by atoms with Crippen LogP contribution in [-0.4, -0.2) is 18.7 Å². The van der Waals surface area contributed by atoms with E-state index < -0.39 is 0 Å². The van der Waals surface area contributed by atoms with Crippen LogP contribution in [0.1, 0.15) is 22.8 Å². The zero-order valence-electron chi connectivity index (χ0n) is 14.6. The van der Waals surface area contributed by atoms with Crippen LogP contribution < -0.4 is 10.2 Å². The lowest BCUT2D eigenvalue weighted by Gasteiger charge is -2.04. The van der Waals surface area contributed by atoms with E-state index >= 15 is 0 Å². The van der Waals surface area contributed by atoms with E-state index in [0.717, 1.165) is 16.9 Å². The molecule has 0 heterocycles. The Labute approximate surface area is 153 Å². The predicted octanol–water partition coefficient (Wildman–Crippen LogP) is 4.52. The van der Waals surface area contributed by atoms with Gasteiger partial charge in [-0.15, -0.1) is 0 Å². The largest absolute Gasteiger partial charge is 0.494 e. The monoisotopic (exact) mass is 344 g/mol. The van der Waals surface area contributed by atoms with Crippen molar-refractivity contribution < 1.29 is 9.53 Å². The molecule has 3 aromatic rings. The topological polar surface area (TPSA) is 50.7 Å². The highest BCUT2D eigenvalue weighted by molar-refractivity contribution is 5.95. The van der Waals surface area contributed by atoms with Gasteiger partial charge in [0.2, 0.25) is 0 Å². The number of rotatable bonds is 6. The maximum Gasteiger partial charge on any atom is 0.271 e. The number of ether oxygens (including phenoxy) is 1. The predicted molar refractivity (Wildman–Crippen MR) is 105 cm³/mol. The standard InChI is InChI=1S/C22H20N2O2/c1-2-26-21-14-12-20(13-15-21)22(25)24-23-16-17-8-10-19(11-9-17)18-6-4-3-5-7-18/h3-16H,2H2,1H3,(H,24,25)/b23-16+. The SMILES string of the molecule is CCOc1ccc(C(=O)N/N=C/c2ccc(-c3ccccc3)cc2)cc1. The summed E-state index contributed by atoms with van der Waals surface area (Å²) in [6, 6.07) is 25.1. The van der Waals surface area contributed by atoms with Gasteiger partial charge in [0.05, 0.1) is 12.8 Å². The molecule has 1 amide bonds. The molecule has 0 aliphatic rings. The molecule has 0 spiro atoms. The third kappa shape index (κ3) is 4.57. The maximum atomic E-state index is 12.1. The Hall–Kier alpha value is -3.40. The minimum Gasteiger partial charge on any atom is -0.494 e. The van der Waals surface area contributed by atoms with E-state index in [1.165, 1.54) is 5.56 Å². The second kappa shape index (κ2) is 8.62. The first-order chi connectivity index (χ1) is 12.8. The molecular formula is C22H20N2O2. The minimum absolute atomic E-state index is 0.259. The summed E-state index contributed by atoms with van der Waals surface area (Å²) in [5, 5.41) is 4.02. The summed E-state index contributed by atoms with van der Waals surface area (Å²) in [6.45, 7) is 2.51. The first kappa shape index (κ1) is 17.4. The number of hydrogen-bond acceptors (Lipinski definition) is 3. The molecule has 4 heteroatoms. The van der Waals surface area contributed by atoms with E-state index in [1.54, 1.807) is 30.5 Å². The molecule has 1 N–H and O–H groups in total. The van der Waals surface area contributed by atoms with E-state index in [1.807, 2.05) is 49.4 Å². The number of benzene rings is 3. The van der Waals surface area contributed by atoms with E-state index in [-0.39, 0.29) is 5.91 Å².